The van der Waals surface area contributed by atoms with Gasteiger partial charge in [0.1, 0.15) is 12.4 Å². The average molecular weight is 243 g/mol. The number of halogens is 1. The molecule has 0 aromatic heterocycles. The Bertz CT molecular complexity index is 537. The van der Waals surface area contributed by atoms with E-state index in [4.69, 9.17) is 4.84 Å². The van der Waals surface area contributed by atoms with Crippen molar-refractivity contribution in [3.8, 4) is 0 Å². The number of hydrogen-bond acceptors (Lipinski definition) is 2. The van der Waals surface area contributed by atoms with Crippen molar-refractivity contribution >= 4 is 5.71 Å². The number of nitrogens with zero attached hydrogens (tertiary/aromatic N) is 1. The maximum absolute atomic E-state index is 13.3. The Kier molecular flexibility index (Phi) is 4.07. The maximum Gasteiger partial charge on any atom is 0.145 e. The van der Waals surface area contributed by atoms with Crippen molar-refractivity contribution in [2.45, 2.75) is 13.5 Å². The molecular weight excluding hydrogens is 229 g/mol. The lowest BCUT2D eigenvalue weighted by Crippen LogP contribution is -1.97. The summed E-state index contributed by atoms with van der Waals surface area (Å²) in [7, 11) is 0. The molecule has 3 heteroatoms. The molecule has 0 spiro atoms. The van der Waals surface area contributed by atoms with Crippen LogP contribution in [0, 0.1) is 5.82 Å². The summed E-state index contributed by atoms with van der Waals surface area (Å²) in [5, 5.41) is 3.98. The van der Waals surface area contributed by atoms with Gasteiger partial charge in [0.05, 0.1) is 5.71 Å². The predicted molar refractivity (Wildman–Crippen MR) is 69.8 cm³/mol. The Labute approximate surface area is 106 Å². The quantitative estimate of drug-likeness (QED) is 0.591. The minimum absolute atomic E-state index is 0.136. The molecule has 2 rings (SSSR count). The van der Waals surface area contributed by atoms with E-state index in [1.807, 2.05) is 37.3 Å². The van der Waals surface area contributed by atoms with Gasteiger partial charge in [0.2, 0.25) is 0 Å². The largest absolute Gasteiger partial charge is 0.391 e. The molecule has 2 aromatic rings. The summed E-state index contributed by atoms with van der Waals surface area (Å²) in [6.45, 7) is 1.99. The summed E-state index contributed by atoms with van der Waals surface area (Å²) in [6.07, 6.45) is 0. The van der Waals surface area contributed by atoms with Crippen molar-refractivity contribution < 1.29 is 9.23 Å². The van der Waals surface area contributed by atoms with Crippen LogP contribution in [-0.2, 0) is 11.4 Å². The summed E-state index contributed by atoms with van der Waals surface area (Å²) in [5.41, 5.74) is 2.26. The second-order valence-electron chi connectivity index (χ2n) is 3.91. The molecule has 0 aliphatic heterocycles. The van der Waals surface area contributed by atoms with Crippen LogP contribution < -0.4 is 0 Å². The van der Waals surface area contributed by atoms with Crippen LogP contribution in [-0.4, -0.2) is 5.71 Å². The van der Waals surface area contributed by atoms with Crippen LogP contribution in [0.2, 0.25) is 0 Å². The average Bonchev–Trinajstić information content (AvgIpc) is 2.42. The van der Waals surface area contributed by atoms with Crippen LogP contribution >= 0.6 is 0 Å². The lowest BCUT2D eigenvalue weighted by Gasteiger charge is -2.03. The maximum atomic E-state index is 13.3. The molecule has 2 aromatic carbocycles. The highest BCUT2D eigenvalue weighted by Crippen LogP contribution is 2.08. The summed E-state index contributed by atoms with van der Waals surface area (Å²) >= 11 is 0. The molecule has 0 unspecified atom stereocenters. The minimum Gasteiger partial charge on any atom is -0.391 e. The van der Waals surface area contributed by atoms with Gasteiger partial charge in [0, 0.05) is 5.56 Å². The Morgan fingerprint density at radius 2 is 1.72 bits per heavy atom. The van der Waals surface area contributed by atoms with Crippen molar-refractivity contribution in [3.63, 3.8) is 0 Å². The summed E-state index contributed by atoms with van der Waals surface area (Å²) in [5.74, 6) is -0.273. The van der Waals surface area contributed by atoms with E-state index in [-0.39, 0.29) is 12.4 Å². The first-order valence-electron chi connectivity index (χ1n) is 5.73. The topological polar surface area (TPSA) is 21.6 Å². The van der Waals surface area contributed by atoms with Gasteiger partial charge in [-0.1, -0.05) is 53.7 Å². The van der Waals surface area contributed by atoms with Crippen molar-refractivity contribution in [2.75, 3.05) is 0 Å². The Morgan fingerprint density at radius 1 is 1.06 bits per heavy atom. The van der Waals surface area contributed by atoms with Gasteiger partial charge in [-0.25, -0.2) is 4.39 Å². The molecule has 0 bridgehead atoms. The van der Waals surface area contributed by atoms with E-state index in [9.17, 15) is 4.39 Å². The lowest BCUT2D eigenvalue weighted by atomic mass is 10.1. The Hall–Kier alpha value is -2.16. The zero-order valence-corrected chi connectivity index (χ0v) is 10.1. The van der Waals surface area contributed by atoms with E-state index in [1.165, 1.54) is 6.07 Å². The van der Waals surface area contributed by atoms with E-state index < -0.39 is 0 Å². The molecule has 92 valence electrons. The summed E-state index contributed by atoms with van der Waals surface area (Å²) < 4.78 is 13.3. The number of rotatable bonds is 4. The monoisotopic (exact) mass is 243 g/mol. The Morgan fingerprint density at radius 3 is 2.44 bits per heavy atom. The van der Waals surface area contributed by atoms with Crippen LogP contribution in [0.4, 0.5) is 4.39 Å². The van der Waals surface area contributed by atoms with Gasteiger partial charge in [-0.3, -0.25) is 0 Å². The van der Waals surface area contributed by atoms with Crippen molar-refractivity contribution in [3.05, 3.63) is 71.5 Å². The Balaban J connectivity index is 1.98. The van der Waals surface area contributed by atoms with Gasteiger partial charge in [-0.2, -0.15) is 0 Å². The zero-order valence-electron chi connectivity index (χ0n) is 10.1. The van der Waals surface area contributed by atoms with Gasteiger partial charge in [0.25, 0.3) is 0 Å². The van der Waals surface area contributed by atoms with E-state index in [0.29, 0.717) is 5.56 Å². The van der Waals surface area contributed by atoms with Crippen LogP contribution in [0.15, 0.2) is 59.8 Å². The molecule has 0 aliphatic carbocycles. The standard InChI is InChI=1S/C15H14FNO/c1-12(13-7-3-2-4-8-13)17-18-11-14-9-5-6-10-15(14)16/h2-10H,11H2,1H3. The number of hydrogen-bond donors (Lipinski definition) is 0. The van der Waals surface area contributed by atoms with E-state index in [0.717, 1.165) is 11.3 Å². The van der Waals surface area contributed by atoms with Crippen LogP contribution in [0.1, 0.15) is 18.1 Å². The van der Waals surface area contributed by atoms with E-state index >= 15 is 0 Å². The molecule has 0 saturated carbocycles. The molecule has 0 saturated heterocycles. The minimum atomic E-state index is -0.273. The highest BCUT2D eigenvalue weighted by molar-refractivity contribution is 5.98. The molecule has 0 amide bonds. The zero-order chi connectivity index (χ0) is 12.8. The fraction of sp³-hybridized carbons (Fsp3) is 0.133. The molecular formula is C15H14FNO. The highest BCUT2D eigenvalue weighted by Gasteiger charge is 2.01. The second kappa shape index (κ2) is 5.96. The van der Waals surface area contributed by atoms with Crippen molar-refractivity contribution in [1.29, 1.82) is 0 Å². The van der Waals surface area contributed by atoms with Crippen LogP contribution in [0.3, 0.4) is 0 Å². The molecule has 0 fully saturated rings. The van der Waals surface area contributed by atoms with Crippen LogP contribution in [0.5, 0.6) is 0 Å². The van der Waals surface area contributed by atoms with E-state index in [1.54, 1.807) is 18.2 Å². The highest BCUT2D eigenvalue weighted by atomic mass is 19.1. The predicted octanol–water partition coefficient (Wildman–Crippen LogP) is 3.77. The molecule has 0 atom stereocenters. The molecule has 0 aliphatic rings. The summed E-state index contributed by atoms with van der Waals surface area (Å²) in [4.78, 5) is 5.16. The normalized spacial score (nSPS) is 11.3. The number of benzene rings is 2. The van der Waals surface area contributed by atoms with E-state index in [2.05, 4.69) is 5.16 Å². The van der Waals surface area contributed by atoms with Gasteiger partial charge in [-0.15, -0.1) is 0 Å². The molecule has 2 nitrogen and oxygen atoms in total. The molecule has 0 radical (unpaired) electrons. The van der Waals surface area contributed by atoms with Crippen molar-refractivity contribution in [1.82, 2.24) is 0 Å². The van der Waals surface area contributed by atoms with Gasteiger partial charge in [-0.05, 0) is 18.6 Å². The fourth-order valence-electron chi connectivity index (χ4n) is 1.55. The first-order valence-corrected chi connectivity index (χ1v) is 5.73. The third-order valence-corrected chi connectivity index (χ3v) is 2.57. The summed E-state index contributed by atoms with van der Waals surface area (Å²) in [6, 6.07) is 16.2. The molecule has 0 heterocycles. The third-order valence-electron chi connectivity index (χ3n) is 2.57. The molecule has 0 N–H and O–H groups in total. The SMILES string of the molecule is CC(=NOCc1ccccc1F)c1ccccc1. The second-order valence-corrected chi connectivity index (χ2v) is 3.91. The first-order chi connectivity index (χ1) is 8.77. The van der Waals surface area contributed by atoms with Gasteiger partial charge < -0.3 is 4.84 Å². The first kappa shape index (κ1) is 12.3. The van der Waals surface area contributed by atoms with Gasteiger partial charge >= 0.3 is 0 Å². The molecule has 18 heavy (non-hydrogen) atoms. The number of oxime groups is 1. The van der Waals surface area contributed by atoms with Gasteiger partial charge in [0.15, 0.2) is 0 Å². The lowest BCUT2D eigenvalue weighted by molar-refractivity contribution is 0.128. The fourth-order valence-corrected chi connectivity index (χ4v) is 1.55. The van der Waals surface area contributed by atoms with Crippen LogP contribution in [0.25, 0.3) is 0 Å². The van der Waals surface area contributed by atoms with Crippen molar-refractivity contribution in [2.24, 2.45) is 5.16 Å². The smallest absolute Gasteiger partial charge is 0.145 e. The third kappa shape index (κ3) is 3.17.